The summed E-state index contributed by atoms with van der Waals surface area (Å²) in [6.07, 6.45) is 6.15. The number of nitrogens with zero attached hydrogens (tertiary/aromatic N) is 2. The molecule has 2 atom stereocenters. The quantitative estimate of drug-likeness (QED) is 0.781. The van der Waals surface area contributed by atoms with Crippen molar-refractivity contribution in [3.63, 3.8) is 0 Å². The maximum Gasteiger partial charge on any atom is 0.111 e. The summed E-state index contributed by atoms with van der Waals surface area (Å²) in [7, 11) is 4.27. The molecule has 0 aromatic carbocycles. The number of hydrogen-bond acceptors (Lipinski definition) is 3. The van der Waals surface area contributed by atoms with Gasteiger partial charge in [-0.25, -0.2) is 0 Å². The number of aliphatic hydroxyl groups excluding tert-OH is 1. The number of allylic oxidation sites excluding steroid dienone is 2. The van der Waals surface area contributed by atoms with E-state index in [1.165, 1.54) is 0 Å². The molecule has 3 nitrogen and oxygen atoms in total. The van der Waals surface area contributed by atoms with Gasteiger partial charge in [-0.15, -0.1) is 11.6 Å². The zero-order chi connectivity index (χ0) is 13.3. The molecule has 1 heterocycles. The van der Waals surface area contributed by atoms with E-state index < -0.39 is 0 Å². The molecular weight excluding hydrogens is 248 g/mol. The molecule has 2 rings (SSSR count). The van der Waals surface area contributed by atoms with E-state index in [1.54, 1.807) is 0 Å². The van der Waals surface area contributed by atoms with Crippen LogP contribution >= 0.6 is 11.6 Å². The van der Waals surface area contributed by atoms with Crippen molar-refractivity contribution in [3.05, 3.63) is 23.5 Å². The van der Waals surface area contributed by atoms with Crippen LogP contribution in [0.1, 0.15) is 19.8 Å². The number of hydrogen-bond donors (Lipinski definition) is 1. The average Bonchev–Trinajstić information content (AvgIpc) is 2.28. The van der Waals surface area contributed by atoms with Crippen molar-refractivity contribution in [1.82, 2.24) is 9.80 Å². The molecule has 4 heteroatoms. The maximum atomic E-state index is 10.1. The highest BCUT2D eigenvalue weighted by Gasteiger charge is 2.33. The van der Waals surface area contributed by atoms with Gasteiger partial charge in [0.05, 0.1) is 11.4 Å². The number of rotatable bonds is 2. The van der Waals surface area contributed by atoms with E-state index in [-0.39, 0.29) is 11.4 Å². The fourth-order valence-electron chi connectivity index (χ4n) is 2.94. The maximum absolute atomic E-state index is 10.1. The van der Waals surface area contributed by atoms with Gasteiger partial charge in [0.15, 0.2) is 0 Å². The Morgan fingerprint density at radius 3 is 2.44 bits per heavy atom. The Morgan fingerprint density at radius 2 is 1.94 bits per heavy atom. The predicted octanol–water partition coefficient (Wildman–Crippen LogP) is 2.39. The van der Waals surface area contributed by atoms with Gasteiger partial charge in [-0.1, -0.05) is 11.6 Å². The molecular formula is C14H23ClN2O. The molecule has 102 valence electrons. The molecule has 0 saturated carbocycles. The van der Waals surface area contributed by atoms with Crippen LogP contribution in [0.2, 0.25) is 0 Å². The molecule has 18 heavy (non-hydrogen) atoms. The zero-order valence-corrected chi connectivity index (χ0v) is 12.2. The number of halogens is 1. The van der Waals surface area contributed by atoms with Crippen LogP contribution < -0.4 is 0 Å². The summed E-state index contributed by atoms with van der Waals surface area (Å²) in [6.45, 7) is 3.98. The predicted molar refractivity (Wildman–Crippen MR) is 76.2 cm³/mol. The number of likely N-dealkylation sites (tertiary alicyclic amines) is 1. The van der Waals surface area contributed by atoms with Gasteiger partial charge in [0, 0.05) is 19.1 Å². The normalized spacial score (nSPS) is 31.4. The minimum Gasteiger partial charge on any atom is -0.511 e. The largest absolute Gasteiger partial charge is 0.511 e. The molecule has 1 saturated heterocycles. The highest BCUT2D eigenvalue weighted by atomic mass is 35.5. The van der Waals surface area contributed by atoms with Gasteiger partial charge in [0.25, 0.3) is 0 Å². The standard InChI is InChI=1S/C14H23ClN2O/c1-10-8-12(15)14(13(18)9-10)17-6-4-11(5-7-17)16(2)3/h8-9,11-12,14,18H,4-7H2,1-3H3. The highest BCUT2D eigenvalue weighted by Crippen LogP contribution is 2.28. The molecule has 2 aliphatic rings. The van der Waals surface area contributed by atoms with Crippen LogP contribution in [0.15, 0.2) is 23.5 Å². The van der Waals surface area contributed by atoms with Gasteiger partial charge in [0.1, 0.15) is 5.76 Å². The summed E-state index contributed by atoms with van der Waals surface area (Å²) < 4.78 is 0. The van der Waals surface area contributed by atoms with Crippen LogP contribution in [0.5, 0.6) is 0 Å². The van der Waals surface area contributed by atoms with E-state index in [4.69, 9.17) is 11.6 Å². The zero-order valence-electron chi connectivity index (χ0n) is 11.4. The molecule has 1 aliphatic heterocycles. The van der Waals surface area contributed by atoms with Crippen LogP contribution in [-0.2, 0) is 0 Å². The van der Waals surface area contributed by atoms with E-state index in [1.807, 2.05) is 19.1 Å². The second-order valence-electron chi connectivity index (χ2n) is 5.60. The summed E-state index contributed by atoms with van der Waals surface area (Å²) in [6, 6.07) is 0.612. The molecule has 0 amide bonds. The SMILES string of the molecule is CC1=CC(Cl)C(N2CCC(N(C)C)CC2)C(O)=C1. The summed E-state index contributed by atoms with van der Waals surface area (Å²) in [5.74, 6) is 0.415. The van der Waals surface area contributed by atoms with Crippen LogP contribution in [0.4, 0.5) is 0 Å². The molecule has 1 N–H and O–H groups in total. The highest BCUT2D eigenvalue weighted by molar-refractivity contribution is 6.22. The first-order valence-electron chi connectivity index (χ1n) is 6.62. The number of piperidine rings is 1. The summed E-state index contributed by atoms with van der Waals surface area (Å²) >= 11 is 6.38. The van der Waals surface area contributed by atoms with Crippen LogP contribution in [-0.4, -0.2) is 59.6 Å². The van der Waals surface area contributed by atoms with Crippen molar-refractivity contribution in [2.75, 3.05) is 27.2 Å². The van der Waals surface area contributed by atoms with Crippen molar-refractivity contribution in [2.24, 2.45) is 0 Å². The van der Waals surface area contributed by atoms with Crippen LogP contribution in [0, 0.1) is 0 Å². The first-order valence-corrected chi connectivity index (χ1v) is 7.06. The van der Waals surface area contributed by atoms with Gasteiger partial charge in [-0.2, -0.15) is 0 Å². The van der Waals surface area contributed by atoms with Gasteiger partial charge >= 0.3 is 0 Å². The van der Waals surface area contributed by atoms with Gasteiger partial charge in [0.2, 0.25) is 0 Å². The molecule has 1 fully saturated rings. The summed E-state index contributed by atoms with van der Waals surface area (Å²) in [4.78, 5) is 4.60. The fraction of sp³-hybridized carbons (Fsp3) is 0.714. The number of alkyl halides is 1. The second kappa shape index (κ2) is 5.64. The monoisotopic (exact) mass is 270 g/mol. The van der Waals surface area contributed by atoms with Crippen molar-refractivity contribution < 1.29 is 5.11 Å². The van der Waals surface area contributed by atoms with Gasteiger partial charge in [-0.3, -0.25) is 4.90 Å². The first-order chi connectivity index (χ1) is 8.49. The third-order valence-corrected chi connectivity index (χ3v) is 4.39. The van der Waals surface area contributed by atoms with Crippen molar-refractivity contribution in [3.8, 4) is 0 Å². The van der Waals surface area contributed by atoms with E-state index in [0.29, 0.717) is 11.8 Å². The van der Waals surface area contributed by atoms with Crippen LogP contribution in [0.25, 0.3) is 0 Å². The lowest BCUT2D eigenvalue weighted by molar-refractivity contribution is 0.103. The Balaban J connectivity index is 2.00. The van der Waals surface area contributed by atoms with E-state index in [0.717, 1.165) is 31.5 Å². The molecule has 0 aromatic heterocycles. The molecule has 2 unspecified atom stereocenters. The lowest BCUT2D eigenvalue weighted by atomic mass is 9.96. The van der Waals surface area contributed by atoms with Crippen molar-refractivity contribution in [2.45, 2.75) is 37.2 Å². The second-order valence-corrected chi connectivity index (χ2v) is 6.10. The summed E-state index contributed by atoms with van der Waals surface area (Å²) in [5.41, 5.74) is 1.05. The molecule has 1 aliphatic carbocycles. The Labute approximate surface area is 115 Å². The van der Waals surface area contributed by atoms with E-state index in [2.05, 4.69) is 23.9 Å². The fourth-order valence-corrected chi connectivity index (χ4v) is 3.43. The lowest BCUT2D eigenvalue weighted by Crippen LogP contribution is -2.50. The Morgan fingerprint density at radius 1 is 1.33 bits per heavy atom. The van der Waals surface area contributed by atoms with Crippen molar-refractivity contribution >= 4 is 11.6 Å². The molecule has 0 spiro atoms. The average molecular weight is 271 g/mol. The Hall–Kier alpha value is -0.510. The van der Waals surface area contributed by atoms with Crippen LogP contribution in [0.3, 0.4) is 0 Å². The lowest BCUT2D eigenvalue weighted by Gasteiger charge is -2.41. The molecule has 0 radical (unpaired) electrons. The topological polar surface area (TPSA) is 26.7 Å². The van der Waals surface area contributed by atoms with Crippen molar-refractivity contribution in [1.29, 1.82) is 0 Å². The minimum atomic E-state index is -0.120. The van der Waals surface area contributed by atoms with Gasteiger partial charge in [-0.05, 0) is 39.9 Å². The third-order valence-electron chi connectivity index (χ3n) is 4.03. The summed E-state index contributed by atoms with van der Waals surface area (Å²) in [5, 5.41) is 10.0. The Kier molecular flexibility index (Phi) is 4.36. The Bertz CT molecular complexity index is 357. The van der Waals surface area contributed by atoms with Gasteiger partial charge < -0.3 is 10.0 Å². The van der Waals surface area contributed by atoms with E-state index >= 15 is 0 Å². The smallest absolute Gasteiger partial charge is 0.111 e. The molecule has 0 aromatic rings. The molecule has 0 bridgehead atoms. The van der Waals surface area contributed by atoms with E-state index in [9.17, 15) is 5.11 Å². The first kappa shape index (κ1) is 13.9. The minimum absolute atomic E-state index is 0.0431. The third kappa shape index (κ3) is 2.90. The number of aliphatic hydroxyl groups is 1.